The molecule has 2 amide bonds. The summed E-state index contributed by atoms with van der Waals surface area (Å²) >= 11 is 0. The Hall–Kier alpha value is -2.24. The third-order valence-corrected chi connectivity index (χ3v) is 2.62. The van der Waals surface area contributed by atoms with E-state index in [1.807, 2.05) is 12.1 Å². The summed E-state index contributed by atoms with van der Waals surface area (Å²) in [5, 5.41) is 6.51. The van der Waals surface area contributed by atoms with Crippen LogP contribution in [0.25, 0.3) is 0 Å². The maximum Gasteiger partial charge on any atom is 0.267 e. The SMILES string of the molecule is O=C1CCC(C(=O)NCCc2ccncc2)=NN1. The predicted octanol–water partition coefficient (Wildman–Crippen LogP) is 0.00630. The fourth-order valence-electron chi connectivity index (χ4n) is 1.61. The van der Waals surface area contributed by atoms with Gasteiger partial charge in [0.1, 0.15) is 5.71 Å². The Morgan fingerprint density at radius 2 is 2.11 bits per heavy atom. The summed E-state index contributed by atoms with van der Waals surface area (Å²) in [6.45, 7) is 0.538. The summed E-state index contributed by atoms with van der Waals surface area (Å²) < 4.78 is 0. The van der Waals surface area contributed by atoms with Crippen LogP contribution in [0, 0.1) is 0 Å². The van der Waals surface area contributed by atoms with Crippen molar-refractivity contribution < 1.29 is 9.59 Å². The summed E-state index contributed by atoms with van der Waals surface area (Å²) in [5.41, 5.74) is 3.80. The van der Waals surface area contributed by atoms with Gasteiger partial charge in [-0.1, -0.05) is 0 Å². The van der Waals surface area contributed by atoms with Crippen LogP contribution in [0.3, 0.4) is 0 Å². The van der Waals surface area contributed by atoms with Gasteiger partial charge >= 0.3 is 0 Å². The molecule has 1 aromatic heterocycles. The van der Waals surface area contributed by atoms with Crippen LogP contribution < -0.4 is 10.7 Å². The first-order valence-corrected chi connectivity index (χ1v) is 5.78. The average molecular weight is 246 g/mol. The zero-order chi connectivity index (χ0) is 12.8. The van der Waals surface area contributed by atoms with Crippen molar-refractivity contribution in [3.05, 3.63) is 30.1 Å². The molecule has 18 heavy (non-hydrogen) atoms. The number of hydrogen-bond acceptors (Lipinski definition) is 4. The Morgan fingerprint density at radius 3 is 2.78 bits per heavy atom. The minimum atomic E-state index is -0.218. The summed E-state index contributed by atoms with van der Waals surface area (Å²) in [6.07, 6.45) is 4.90. The third-order valence-electron chi connectivity index (χ3n) is 2.62. The van der Waals surface area contributed by atoms with Gasteiger partial charge in [-0.3, -0.25) is 14.6 Å². The summed E-state index contributed by atoms with van der Waals surface area (Å²) in [5.74, 6) is -0.368. The van der Waals surface area contributed by atoms with E-state index in [0.29, 0.717) is 25.1 Å². The molecule has 0 unspecified atom stereocenters. The molecule has 0 aliphatic carbocycles. The van der Waals surface area contributed by atoms with Crippen LogP contribution in [0.2, 0.25) is 0 Å². The number of aromatic nitrogens is 1. The van der Waals surface area contributed by atoms with Gasteiger partial charge in [-0.25, -0.2) is 5.43 Å². The number of carbonyl (C=O) groups excluding carboxylic acids is 2. The van der Waals surface area contributed by atoms with Crippen LogP contribution in [-0.2, 0) is 16.0 Å². The highest BCUT2D eigenvalue weighted by atomic mass is 16.2. The van der Waals surface area contributed by atoms with Crippen molar-refractivity contribution in [2.45, 2.75) is 19.3 Å². The summed E-state index contributed by atoms with van der Waals surface area (Å²) in [4.78, 5) is 26.5. The lowest BCUT2D eigenvalue weighted by Crippen LogP contribution is -2.37. The van der Waals surface area contributed by atoms with E-state index < -0.39 is 0 Å². The number of carbonyl (C=O) groups is 2. The molecule has 2 heterocycles. The van der Waals surface area contributed by atoms with Crippen molar-refractivity contribution in [2.75, 3.05) is 6.54 Å². The van der Waals surface area contributed by atoms with Crippen LogP contribution in [0.15, 0.2) is 29.6 Å². The molecule has 1 aliphatic heterocycles. The van der Waals surface area contributed by atoms with Crippen molar-refractivity contribution >= 4 is 17.5 Å². The van der Waals surface area contributed by atoms with Crippen LogP contribution in [-0.4, -0.2) is 29.1 Å². The van der Waals surface area contributed by atoms with E-state index in [-0.39, 0.29) is 11.8 Å². The number of nitrogens with one attached hydrogen (secondary N) is 2. The zero-order valence-corrected chi connectivity index (χ0v) is 9.85. The second kappa shape index (κ2) is 5.90. The number of amides is 2. The molecule has 0 fully saturated rings. The molecule has 6 nitrogen and oxygen atoms in total. The first-order valence-electron chi connectivity index (χ1n) is 5.78. The van der Waals surface area contributed by atoms with E-state index in [4.69, 9.17) is 0 Å². The van der Waals surface area contributed by atoms with Gasteiger partial charge in [-0.2, -0.15) is 5.10 Å². The van der Waals surface area contributed by atoms with Crippen LogP contribution in [0.5, 0.6) is 0 Å². The van der Waals surface area contributed by atoms with Gasteiger partial charge in [0.05, 0.1) is 0 Å². The maximum atomic E-state index is 11.7. The molecule has 2 rings (SSSR count). The first kappa shape index (κ1) is 12.2. The van der Waals surface area contributed by atoms with E-state index in [2.05, 4.69) is 20.8 Å². The number of hydrogen-bond donors (Lipinski definition) is 2. The second-order valence-electron chi connectivity index (χ2n) is 3.95. The van der Waals surface area contributed by atoms with Gasteiger partial charge in [0, 0.05) is 31.8 Å². The molecule has 6 heteroatoms. The van der Waals surface area contributed by atoms with Crippen LogP contribution in [0.4, 0.5) is 0 Å². The monoisotopic (exact) mass is 246 g/mol. The van der Waals surface area contributed by atoms with E-state index in [0.717, 1.165) is 12.0 Å². The van der Waals surface area contributed by atoms with Crippen molar-refractivity contribution in [1.82, 2.24) is 15.7 Å². The number of pyridine rings is 1. The summed E-state index contributed by atoms with van der Waals surface area (Å²) in [7, 11) is 0. The minimum absolute atomic E-state index is 0.150. The zero-order valence-electron chi connectivity index (χ0n) is 9.85. The molecule has 1 aliphatic rings. The van der Waals surface area contributed by atoms with Gasteiger partial charge in [-0.05, 0) is 24.1 Å². The smallest absolute Gasteiger partial charge is 0.267 e. The Morgan fingerprint density at radius 1 is 1.33 bits per heavy atom. The van der Waals surface area contributed by atoms with Gasteiger partial charge < -0.3 is 5.32 Å². The molecular formula is C12H14N4O2. The predicted molar refractivity (Wildman–Crippen MR) is 65.8 cm³/mol. The van der Waals surface area contributed by atoms with Gasteiger partial charge in [0.15, 0.2) is 0 Å². The Labute approximate surface area is 104 Å². The standard InChI is InChI=1S/C12H14N4O2/c17-11-2-1-10(15-16-11)12(18)14-8-5-9-3-6-13-7-4-9/h3-4,6-7H,1-2,5,8H2,(H,14,18)(H,16,17). The number of hydrazone groups is 1. The van der Waals surface area contributed by atoms with E-state index in [1.54, 1.807) is 12.4 Å². The lowest BCUT2D eigenvalue weighted by Gasteiger charge is -2.11. The second-order valence-corrected chi connectivity index (χ2v) is 3.95. The Balaban J connectivity index is 1.77. The lowest BCUT2D eigenvalue weighted by atomic mass is 10.1. The fraction of sp³-hybridized carbons (Fsp3) is 0.333. The molecule has 0 bridgehead atoms. The van der Waals surface area contributed by atoms with E-state index in [9.17, 15) is 9.59 Å². The van der Waals surface area contributed by atoms with Crippen molar-refractivity contribution in [3.63, 3.8) is 0 Å². The topological polar surface area (TPSA) is 83.5 Å². The van der Waals surface area contributed by atoms with E-state index >= 15 is 0 Å². The molecule has 2 N–H and O–H groups in total. The highest BCUT2D eigenvalue weighted by Gasteiger charge is 2.17. The largest absolute Gasteiger partial charge is 0.351 e. The normalized spacial score (nSPS) is 14.7. The van der Waals surface area contributed by atoms with Gasteiger partial charge in [0.2, 0.25) is 5.91 Å². The Bertz CT molecular complexity index is 470. The average Bonchev–Trinajstić information content (AvgIpc) is 2.40. The highest BCUT2D eigenvalue weighted by Crippen LogP contribution is 2.00. The third kappa shape index (κ3) is 3.38. The van der Waals surface area contributed by atoms with E-state index in [1.165, 1.54) is 0 Å². The van der Waals surface area contributed by atoms with Gasteiger partial charge in [0.25, 0.3) is 5.91 Å². The first-order chi connectivity index (χ1) is 8.75. The molecule has 94 valence electrons. The number of nitrogens with zero attached hydrogens (tertiary/aromatic N) is 2. The fourth-order valence-corrected chi connectivity index (χ4v) is 1.61. The highest BCUT2D eigenvalue weighted by molar-refractivity contribution is 6.39. The Kier molecular flexibility index (Phi) is 4.01. The van der Waals surface area contributed by atoms with Crippen molar-refractivity contribution in [1.29, 1.82) is 0 Å². The quantitative estimate of drug-likeness (QED) is 0.784. The van der Waals surface area contributed by atoms with Gasteiger partial charge in [-0.15, -0.1) is 0 Å². The minimum Gasteiger partial charge on any atom is -0.351 e. The molecule has 0 aromatic carbocycles. The molecule has 0 spiro atoms. The van der Waals surface area contributed by atoms with Crippen molar-refractivity contribution in [3.8, 4) is 0 Å². The molecule has 0 saturated heterocycles. The molecule has 1 aromatic rings. The molecular weight excluding hydrogens is 232 g/mol. The number of rotatable bonds is 4. The molecule has 0 radical (unpaired) electrons. The summed E-state index contributed by atoms with van der Waals surface area (Å²) in [6, 6.07) is 3.81. The van der Waals surface area contributed by atoms with Crippen molar-refractivity contribution in [2.24, 2.45) is 5.10 Å². The van der Waals surface area contributed by atoms with Crippen LogP contribution >= 0.6 is 0 Å². The molecule has 0 saturated carbocycles. The lowest BCUT2D eigenvalue weighted by molar-refractivity contribution is -0.121. The molecule has 0 atom stereocenters. The van der Waals surface area contributed by atoms with Crippen LogP contribution in [0.1, 0.15) is 18.4 Å². The maximum absolute atomic E-state index is 11.7.